The van der Waals surface area contributed by atoms with Crippen LogP contribution in [0.4, 0.5) is 11.4 Å². The lowest BCUT2D eigenvalue weighted by Gasteiger charge is -2.11. The first kappa shape index (κ1) is 18.4. The van der Waals surface area contributed by atoms with Crippen LogP contribution in [-0.2, 0) is 0 Å². The smallest absolute Gasteiger partial charge is 0.173 e. The molecule has 0 aliphatic rings. The minimum absolute atomic E-state index is 0.254. The van der Waals surface area contributed by atoms with Gasteiger partial charge >= 0.3 is 0 Å². The highest BCUT2D eigenvalue weighted by Crippen LogP contribution is 2.13. The lowest BCUT2D eigenvalue weighted by Crippen LogP contribution is -2.26. The summed E-state index contributed by atoms with van der Waals surface area (Å²) in [5.74, 6) is 0.254. The maximum Gasteiger partial charge on any atom is 0.173 e. The second-order valence-electron chi connectivity index (χ2n) is 5.82. The van der Waals surface area contributed by atoms with Crippen molar-refractivity contribution in [2.45, 2.75) is 13.8 Å². The van der Waals surface area contributed by atoms with Crippen molar-refractivity contribution in [1.82, 2.24) is 5.48 Å². The summed E-state index contributed by atoms with van der Waals surface area (Å²) >= 11 is 0. The summed E-state index contributed by atoms with van der Waals surface area (Å²) < 4.78 is 0. The van der Waals surface area contributed by atoms with Crippen LogP contribution in [0.1, 0.15) is 18.1 Å². The minimum Gasteiger partial charge on any atom is -0.378 e. The largest absolute Gasteiger partial charge is 0.378 e. The standard InChI is InChI=1S/C19H23N5O/c1-14-5-9-17(10-6-14)21-19(23-25)15(2)22-20-13-16-7-11-18(12-8-16)24(3)4/h5-13,25H,1-4H3,(H,21,23)/b20-13+,22-15+. The topological polar surface area (TPSA) is 72.6 Å². The molecule has 0 aliphatic heterocycles. The van der Waals surface area contributed by atoms with Crippen molar-refractivity contribution >= 4 is 29.1 Å². The lowest BCUT2D eigenvalue weighted by molar-refractivity contribution is 0.236. The average molecular weight is 337 g/mol. The number of hydrogen-bond donors (Lipinski definition) is 2. The predicted molar refractivity (Wildman–Crippen MR) is 105 cm³/mol. The van der Waals surface area contributed by atoms with E-state index in [-0.39, 0.29) is 5.84 Å². The van der Waals surface area contributed by atoms with E-state index in [0.29, 0.717) is 5.71 Å². The molecule has 0 aromatic heterocycles. The van der Waals surface area contributed by atoms with E-state index in [0.717, 1.165) is 22.5 Å². The van der Waals surface area contributed by atoms with Gasteiger partial charge in [-0.3, -0.25) is 10.7 Å². The summed E-state index contributed by atoms with van der Waals surface area (Å²) in [4.78, 5) is 6.35. The molecule has 0 saturated heterocycles. The quantitative estimate of drug-likeness (QED) is 0.498. The number of aliphatic imine (C=N–C) groups is 1. The van der Waals surface area contributed by atoms with Crippen LogP contribution in [0.2, 0.25) is 0 Å². The summed E-state index contributed by atoms with van der Waals surface area (Å²) in [5.41, 5.74) is 6.48. The van der Waals surface area contributed by atoms with E-state index >= 15 is 0 Å². The van der Waals surface area contributed by atoms with Gasteiger partial charge in [0, 0.05) is 19.8 Å². The Labute approximate surface area is 148 Å². The fourth-order valence-corrected chi connectivity index (χ4v) is 2.02. The first-order valence-electron chi connectivity index (χ1n) is 7.90. The first-order chi connectivity index (χ1) is 12.0. The van der Waals surface area contributed by atoms with Crippen LogP contribution in [0, 0.1) is 6.92 Å². The van der Waals surface area contributed by atoms with Gasteiger partial charge in [0.05, 0.1) is 11.9 Å². The number of hydrogen-bond acceptors (Lipinski definition) is 5. The molecule has 0 amide bonds. The van der Waals surface area contributed by atoms with E-state index < -0.39 is 0 Å². The molecule has 0 atom stereocenters. The fourth-order valence-electron chi connectivity index (χ4n) is 2.02. The molecule has 6 heteroatoms. The molecule has 25 heavy (non-hydrogen) atoms. The Morgan fingerprint density at radius 3 is 2.24 bits per heavy atom. The van der Waals surface area contributed by atoms with Gasteiger partial charge in [0.15, 0.2) is 5.84 Å². The molecule has 6 nitrogen and oxygen atoms in total. The van der Waals surface area contributed by atoms with Gasteiger partial charge in [-0.05, 0) is 43.7 Å². The van der Waals surface area contributed by atoms with E-state index in [1.165, 1.54) is 0 Å². The number of benzene rings is 2. The second kappa shape index (κ2) is 8.75. The van der Waals surface area contributed by atoms with Gasteiger partial charge in [0.25, 0.3) is 0 Å². The molecule has 2 aromatic rings. The molecular weight excluding hydrogens is 314 g/mol. The van der Waals surface area contributed by atoms with Crippen molar-refractivity contribution in [2.24, 2.45) is 15.2 Å². The Morgan fingerprint density at radius 2 is 1.68 bits per heavy atom. The van der Waals surface area contributed by atoms with Crippen molar-refractivity contribution in [3.05, 3.63) is 59.7 Å². The number of aryl methyl sites for hydroxylation is 1. The van der Waals surface area contributed by atoms with Crippen molar-refractivity contribution in [3.8, 4) is 0 Å². The minimum atomic E-state index is 0.254. The molecule has 0 saturated carbocycles. The molecule has 0 aliphatic carbocycles. The highest BCUT2D eigenvalue weighted by atomic mass is 16.5. The third-order valence-electron chi connectivity index (χ3n) is 3.55. The van der Waals surface area contributed by atoms with Gasteiger partial charge in [0.1, 0.15) is 5.71 Å². The summed E-state index contributed by atoms with van der Waals surface area (Å²) in [7, 11) is 3.99. The lowest BCUT2D eigenvalue weighted by atomic mass is 10.2. The third kappa shape index (κ3) is 5.54. The van der Waals surface area contributed by atoms with Crippen LogP contribution < -0.4 is 10.4 Å². The number of amidine groups is 1. The first-order valence-corrected chi connectivity index (χ1v) is 7.90. The highest BCUT2D eigenvalue weighted by molar-refractivity contribution is 6.40. The zero-order valence-electron chi connectivity index (χ0n) is 14.9. The van der Waals surface area contributed by atoms with Crippen LogP contribution in [0.3, 0.4) is 0 Å². The van der Waals surface area contributed by atoms with Crippen LogP contribution >= 0.6 is 0 Å². The van der Waals surface area contributed by atoms with E-state index in [2.05, 4.69) is 20.7 Å². The number of rotatable bonds is 5. The molecule has 2 N–H and O–H groups in total. The van der Waals surface area contributed by atoms with Crippen LogP contribution in [0.15, 0.2) is 63.7 Å². The van der Waals surface area contributed by atoms with Gasteiger partial charge in [-0.2, -0.15) is 10.2 Å². The maximum atomic E-state index is 9.29. The molecule has 130 valence electrons. The van der Waals surface area contributed by atoms with Crippen molar-refractivity contribution < 1.29 is 5.21 Å². The molecule has 0 radical (unpaired) electrons. The summed E-state index contributed by atoms with van der Waals surface area (Å²) in [6.07, 6.45) is 1.66. The van der Waals surface area contributed by atoms with Gasteiger partial charge < -0.3 is 4.90 Å². The Morgan fingerprint density at radius 1 is 1.04 bits per heavy atom. The summed E-state index contributed by atoms with van der Waals surface area (Å²) in [6, 6.07) is 15.6. The Hall–Kier alpha value is -2.99. The van der Waals surface area contributed by atoms with Crippen LogP contribution in [0.5, 0.6) is 0 Å². The van der Waals surface area contributed by atoms with E-state index in [1.807, 2.05) is 74.4 Å². The summed E-state index contributed by atoms with van der Waals surface area (Å²) in [6.45, 7) is 3.73. The van der Waals surface area contributed by atoms with Crippen LogP contribution in [0.25, 0.3) is 0 Å². The zero-order valence-corrected chi connectivity index (χ0v) is 14.9. The van der Waals surface area contributed by atoms with Gasteiger partial charge in [-0.1, -0.05) is 29.8 Å². The number of hydroxylamine groups is 1. The Kier molecular flexibility index (Phi) is 6.42. The summed E-state index contributed by atoms with van der Waals surface area (Å²) in [5, 5.41) is 17.4. The van der Waals surface area contributed by atoms with E-state index in [9.17, 15) is 5.21 Å². The fraction of sp³-hybridized carbons (Fsp3) is 0.211. The predicted octanol–water partition coefficient (Wildman–Crippen LogP) is 3.56. The van der Waals surface area contributed by atoms with Crippen molar-refractivity contribution in [1.29, 1.82) is 0 Å². The average Bonchev–Trinajstić information content (AvgIpc) is 2.61. The Bertz CT molecular complexity index is 774. The van der Waals surface area contributed by atoms with Gasteiger partial charge in [-0.25, -0.2) is 4.99 Å². The molecule has 0 fully saturated rings. The number of anilines is 1. The number of nitrogens with zero attached hydrogens (tertiary/aromatic N) is 4. The van der Waals surface area contributed by atoms with Crippen molar-refractivity contribution in [2.75, 3.05) is 19.0 Å². The van der Waals surface area contributed by atoms with E-state index in [4.69, 9.17) is 0 Å². The molecule has 2 rings (SSSR count). The van der Waals surface area contributed by atoms with Gasteiger partial charge in [0.2, 0.25) is 0 Å². The molecule has 0 unspecified atom stereocenters. The monoisotopic (exact) mass is 337 g/mol. The third-order valence-corrected chi connectivity index (χ3v) is 3.55. The molecular formula is C19H23N5O. The molecule has 0 bridgehead atoms. The zero-order chi connectivity index (χ0) is 18.2. The normalized spacial score (nSPS) is 12.5. The molecule has 0 heterocycles. The molecule has 2 aromatic carbocycles. The maximum absolute atomic E-state index is 9.29. The highest BCUT2D eigenvalue weighted by Gasteiger charge is 2.03. The van der Waals surface area contributed by atoms with Crippen molar-refractivity contribution in [3.63, 3.8) is 0 Å². The number of nitrogens with one attached hydrogen (secondary N) is 1. The Balaban J connectivity index is 2.11. The van der Waals surface area contributed by atoms with Gasteiger partial charge in [-0.15, -0.1) is 0 Å². The van der Waals surface area contributed by atoms with E-state index in [1.54, 1.807) is 13.1 Å². The SMILES string of the molecule is C/C(=N\N=C\c1ccc(N(C)C)cc1)C(=Nc1ccc(C)cc1)NO. The second-order valence-corrected chi connectivity index (χ2v) is 5.82. The molecule has 0 spiro atoms. The van der Waals surface area contributed by atoms with Crippen LogP contribution in [-0.4, -0.2) is 37.1 Å².